The molecule has 1 saturated heterocycles. The Morgan fingerprint density at radius 1 is 1.19 bits per heavy atom. The summed E-state index contributed by atoms with van der Waals surface area (Å²) in [5, 5.41) is 4.01. The lowest BCUT2D eigenvalue weighted by atomic mass is 9.94. The van der Waals surface area contributed by atoms with Crippen molar-refractivity contribution in [1.82, 2.24) is 25.0 Å². The van der Waals surface area contributed by atoms with Crippen LogP contribution >= 0.6 is 0 Å². The molecule has 2 aliphatic heterocycles. The summed E-state index contributed by atoms with van der Waals surface area (Å²) in [6, 6.07) is 7.43. The van der Waals surface area contributed by atoms with Gasteiger partial charge in [-0.25, -0.2) is 4.98 Å². The predicted molar refractivity (Wildman–Crippen MR) is 109 cm³/mol. The molecule has 3 aromatic rings. The summed E-state index contributed by atoms with van der Waals surface area (Å²) in [5.41, 5.74) is 0.571. The van der Waals surface area contributed by atoms with Crippen molar-refractivity contribution in [3.63, 3.8) is 0 Å². The first-order chi connectivity index (χ1) is 15.2. The Hall–Kier alpha value is -3.49. The fourth-order valence-corrected chi connectivity index (χ4v) is 4.11. The topological polar surface area (TPSA) is 103 Å². The van der Waals surface area contributed by atoms with Crippen LogP contribution in [0.2, 0.25) is 0 Å². The number of benzene rings is 1. The number of carbonyl (C=O) groups excluding carboxylic acids is 1. The number of carbonyl (C=O) groups is 1. The molecule has 0 bridgehead atoms. The fourth-order valence-electron chi connectivity index (χ4n) is 4.11. The van der Waals surface area contributed by atoms with Crippen molar-refractivity contribution in [2.45, 2.75) is 38.4 Å². The molecular formula is C22H23N5O4. The maximum absolute atomic E-state index is 13.2. The van der Waals surface area contributed by atoms with Crippen molar-refractivity contribution in [3.8, 4) is 23.0 Å². The second-order valence-corrected chi connectivity index (χ2v) is 7.91. The third-order valence-corrected chi connectivity index (χ3v) is 5.64. The summed E-state index contributed by atoms with van der Waals surface area (Å²) in [6.07, 6.45) is 6.30. The normalized spacial score (nSPS) is 22.9. The summed E-state index contributed by atoms with van der Waals surface area (Å²) in [5.74, 6) is 2.44. The molecule has 3 unspecified atom stereocenters. The quantitative estimate of drug-likeness (QED) is 0.633. The van der Waals surface area contributed by atoms with Crippen LogP contribution in [-0.4, -0.2) is 56.2 Å². The van der Waals surface area contributed by atoms with Gasteiger partial charge in [0.1, 0.15) is 11.8 Å². The minimum absolute atomic E-state index is 0.0440. The van der Waals surface area contributed by atoms with E-state index in [0.29, 0.717) is 48.4 Å². The smallest absolute Gasteiger partial charge is 0.267 e. The van der Waals surface area contributed by atoms with Gasteiger partial charge in [-0.15, -0.1) is 0 Å². The molecule has 31 heavy (non-hydrogen) atoms. The number of fused-ring (bicyclic) bond motifs is 1. The predicted octanol–water partition coefficient (Wildman–Crippen LogP) is 2.54. The van der Waals surface area contributed by atoms with E-state index >= 15 is 0 Å². The van der Waals surface area contributed by atoms with Crippen molar-refractivity contribution in [2.24, 2.45) is 5.92 Å². The van der Waals surface area contributed by atoms with Crippen molar-refractivity contribution in [2.75, 3.05) is 13.1 Å². The van der Waals surface area contributed by atoms with Gasteiger partial charge >= 0.3 is 0 Å². The number of hydrogen-bond donors (Lipinski definition) is 0. The third-order valence-electron chi connectivity index (χ3n) is 5.64. The number of aromatic nitrogens is 4. The molecule has 9 nitrogen and oxygen atoms in total. The summed E-state index contributed by atoms with van der Waals surface area (Å²) in [6.45, 7) is 3.19. The number of piperidine rings is 1. The lowest BCUT2D eigenvalue weighted by Crippen LogP contribution is -2.53. The minimum Gasteiger partial charge on any atom is -0.482 e. The molecule has 0 aliphatic carbocycles. The molecule has 0 saturated carbocycles. The van der Waals surface area contributed by atoms with Gasteiger partial charge in [0.05, 0.1) is 6.20 Å². The number of likely N-dealkylation sites (tertiary alicyclic amines) is 1. The molecule has 2 aliphatic rings. The lowest BCUT2D eigenvalue weighted by molar-refractivity contribution is -0.146. The standard InChI is InChI=1S/C22H23N5O4/c1-14-20(30-18-7-3-2-6-17(18)29-14)22(28)27-10-4-5-15(13-27)11-19-25-21(26-31-19)16-12-23-8-9-24-16/h2-3,6-9,12,14-15,20H,4-5,10-11,13H2,1H3. The Morgan fingerprint density at radius 3 is 2.84 bits per heavy atom. The number of hydrogen-bond acceptors (Lipinski definition) is 8. The summed E-state index contributed by atoms with van der Waals surface area (Å²) in [7, 11) is 0. The lowest BCUT2D eigenvalue weighted by Gasteiger charge is -2.37. The first-order valence-corrected chi connectivity index (χ1v) is 10.5. The number of ether oxygens (including phenoxy) is 2. The van der Waals surface area contributed by atoms with Gasteiger partial charge in [-0.05, 0) is 37.8 Å². The summed E-state index contributed by atoms with van der Waals surface area (Å²) >= 11 is 0. The van der Waals surface area contributed by atoms with E-state index < -0.39 is 6.10 Å². The second kappa shape index (κ2) is 8.33. The van der Waals surface area contributed by atoms with Crippen molar-refractivity contribution >= 4 is 5.91 Å². The average molecular weight is 421 g/mol. The highest BCUT2D eigenvalue weighted by molar-refractivity contribution is 5.82. The van der Waals surface area contributed by atoms with E-state index in [4.69, 9.17) is 14.0 Å². The van der Waals surface area contributed by atoms with Crippen molar-refractivity contribution in [1.29, 1.82) is 0 Å². The maximum Gasteiger partial charge on any atom is 0.267 e. The molecule has 2 aromatic heterocycles. The first kappa shape index (κ1) is 19.5. The zero-order chi connectivity index (χ0) is 21.2. The molecule has 160 valence electrons. The van der Waals surface area contributed by atoms with Crippen LogP contribution in [0.15, 0.2) is 47.4 Å². The zero-order valence-electron chi connectivity index (χ0n) is 17.2. The third kappa shape index (κ3) is 4.08. The largest absolute Gasteiger partial charge is 0.482 e. The monoisotopic (exact) mass is 421 g/mol. The number of amides is 1. The van der Waals surface area contributed by atoms with Gasteiger partial charge in [0, 0.05) is 31.9 Å². The van der Waals surface area contributed by atoms with E-state index in [0.717, 1.165) is 12.8 Å². The van der Waals surface area contributed by atoms with E-state index in [1.54, 1.807) is 18.6 Å². The van der Waals surface area contributed by atoms with Gasteiger partial charge < -0.3 is 18.9 Å². The van der Waals surface area contributed by atoms with Crippen LogP contribution in [0, 0.1) is 5.92 Å². The van der Waals surface area contributed by atoms with Gasteiger partial charge in [0.15, 0.2) is 11.5 Å². The Kier molecular flexibility index (Phi) is 5.23. The van der Waals surface area contributed by atoms with Crippen LogP contribution < -0.4 is 9.47 Å². The molecule has 3 atom stereocenters. The molecule has 1 aromatic carbocycles. The molecule has 4 heterocycles. The SMILES string of the molecule is CC1Oc2ccccc2OC1C(=O)N1CCCC(Cc2nc(-c3cnccn3)no2)C1. The molecule has 1 fully saturated rings. The van der Waals surface area contributed by atoms with Gasteiger partial charge in [0.25, 0.3) is 5.91 Å². The van der Waals surface area contributed by atoms with Crippen LogP contribution in [0.1, 0.15) is 25.7 Å². The Balaban J connectivity index is 1.23. The van der Waals surface area contributed by atoms with E-state index in [9.17, 15) is 4.79 Å². The minimum atomic E-state index is -0.652. The highest BCUT2D eigenvalue weighted by atomic mass is 16.6. The highest BCUT2D eigenvalue weighted by Crippen LogP contribution is 2.34. The van der Waals surface area contributed by atoms with Crippen LogP contribution in [0.5, 0.6) is 11.5 Å². The molecule has 1 amide bonds. The van der Waals surface area contributed by atoms with Gasteiger partial charge in [0.2, 0.25) is 17.8 Å². The van der Waals surface area contributed by atoms with Crippen LogP contribution in [0.3, 0.4) is 0 Å². The van der Waals surface area contributed by atoms with E-state index in [-0.39, 0.29) is 17.9 Å². The first-order valence-electron chi connectivity index (χ1n) is 10.5. The van der Waals surface area contributed by atoms with Crippen LogP contribution in [-0.2, 0) is 11.2 Å². The van der Waals surface area contributed by atoms with Crippen molar-refractivity contribution in [3.05, 3.63) is 48.7 Å². The van der Waals surface area contributed by atoms with Crippen LogP contribution in [0.25, 0.3) is 11.5 Å². The second-order valence-electron chi connectivity index (χ2n) is 7.91. The summed E-state index contributed by atoms with van der Waals surface area (Å²) in [4.78, 5) is 27.7. The number of nitrogens with zero attached hydrogens (tertiary/aromatic N) is 5. The molecule has 0 radical (unpaired) electrons. The molecule has 0 spiro atoms. The molecular weight excluding hydrogens is 398 g/mol. The number of para-hydroxylation sites is 2. The Bertz CT molecular complexity index is 1060. The van der Waals surface area contributed by atoms with Gasteiger partial charge in [-0.1, -0.05) is 17.3 Å². The van der Waals surface area contributed by atoms with Crippen LogP contribution in [0.4, 0.5) is 0 Å². The molecule has 9 heteroatoms. The zero-order valence-corrected chi connectivity index (χ0v) is 17.2. The van der Waals surface area contributed by atoms with E-state index in [1.165, 1.54) is 0 Å². The maximum atomic E-state index is 13.2. The van der Waals surface area contributed by atoms with Gasteiger partial charge in [-0.3, -0.25) is 9.78 Å². The Labute approximate surface area is 179 Å². The number of rotatable bonds is 4. The van der Waals surface area contributed by atoms with Gasteiger partial charge in [-0.2, -0.15) is 4.98 Å². The Morgan fingerprint density at radius 2 is 2.03 bits per heavy atom. The molecule has 0 N–H and O–H groups in total. The summed E-state index contributed by atoms with van der Waals surface area (Å²) < 4.78 is 17.3. The fraction of sp³-hybridized carbons (Fsp3) is 0.409. The van der Waals surface area contributed by atoms with E-state index in [2.05, 4.69) is 20.1 Å². The molecule has 5 rings (SSSR count). The van der Waals surface area contributed by atoms with Crippen molar-refractivity contribution < 1.29 is 18.8 Å². The van der Waals surface area contributed by atoms with E-state index in [1.807, 2.05) is 36.1 Å². The average Bonchev–Trinajstić information content (AvgIpc) is 3.27. The highest BCUT2D eigenvalue weighted by Gasteiger charge is 2.38.